The zero-order valence-electron chi connectivity index (χ0n) is 11.9. The molecule has 0 fully saturated rings. The van der Waals surface area contributed by atoms with Crippen molar-refractivity contribution in [1.82, 2.24) is 5.32 Å². The maximum absolute atomic E-state index is 11.9. The number of amides is 1. The average Bonchev–Trinajstić information content (AvgIpc) is 2.50. The minimum absolute atomic E-state index is 0.00863. The highest BCUT2D eigenvalue weighted by Crippen LogP contribution is 2.16. The number of rotatable bonds is 6. The van der Waals surface area contributed by atoms with Gasteiger partial charge < -0.3 is 10.4 Å². The van der Waals surface area contributed by atoms with Crippen molar-refractivity contribution in [3.05, 3.63) is 64.7 Å². The molecule has 5 heteroatoms. The molecular formula is C17H16ClNO3. The Morgan fingerprint density at radius 3 is 2.45 bits per heavy atom. The first-order chi connectivity index (χ1) is 10.6. The summed E-state index contributed by atoms with van der Waals surface area (Å²) in [5, 5.41) is 12.8. The molecule has 2 aromatic carbocycles. The number of phenols is 1. The van der Waals surface area contributed by atoms with Gasteiger partial charge in [-0.2, -0.15) is 0 Å². The lowest BCUT2D eigenvalue weighted by Gasteiger charge is -2.07. The molecule has 2 rings (SSSR count). The zero-order chi connectivity index (χ0) is 15.9. The number of Topliss-reactive ketones (excluding diaryl/α,β-unsaturated/α-hetero) is 1. The second-order valence-electron chi connectivity index (χ2n) is 4.83. The minimum Gasteiger partial charge on any atom is -0.507 e. The van der Waals surface area contributed by atoms with E-state index in [2.05, 4.69) is 5.32 Å². The number of benzene rings is 2. The standard InChI is InChI=1S/C17H16ClNO3/c18-15-7-3-1-5-12(15)11-13(20)9-10-19-17(22)14-6-2-4-8-16(14)21/h1-8,21H,9-11H2,(H,19,22). The highest BCUT2D eigenvalue weighted by molar-refractivity contribution is 6.31. The van der Waals surface area contributed by atoms with Crippen molar-refractivity contribution in [3.63, 3.8) is 0 Å². The molecule has 0 saturated heterocycles. The van der Waals surface area contributed by atoms with Crippen molar-refractivity contribution in [2.45, 2.75) is 12.8 Å². The van der Waals surface area contributed by atoms with Crippen LogP contribution in [0.1, 0.15) is 22.3 Å². The van der Waals surface area contributed by atoms with Crippen LogP contribution in [-0.2, 0) is 11.2 Å². The van der Waals surface area contributed by atoms with Crippen LogP contribution in [0.5, 0.6) is 5.75 Å². The van der Waals surface area contributed by atoms with Gasteiger partial charge in [0.1, 0.15) is 11.5 Å². The SMILES string of the molecule is O=C(CCNC(=O)c1ccccc1O)Cc1ccccc1Cl. The van der Waals surface area contributed by atoms with Crippen LogP contribution in [-0.4, -0.2) is 23.3 Å². The number of carbonyl (C=O) groups excluding carboxylic acids is 2. The van der Waals surface area contributed by atoms with Gasteiger partial charge in [0.2, 0.25) is 0 Å². The Balaban J connectivity index is 1.81. The number of ketones is 1. The molecule has 0 heterocycles. The summed E-state index contributed by atoms with van der Waals surface area (Å²) >= 11 is 6.00. The Bertz CT molecular complexity index is 685. The number of phenolic OH excluding ortho intramolecular Hbond substituents is 1. The second-order valence-corrected chi connectivity index (χ2v) is 5.24. The van der Waals surface area contributed by atoms with Crippen LogP contribution in [0.15, 0.2) is 48.5 Å². The summed E-state index contributed by atoms with van der Waals surface area (Å²) in [6.07, 6.45) is 0.455. The molecule has 114 valence electrons. The molecular weight excluding hydrogens is 302 g/mol. The minimum atomic E-state index is -0.399. The van der Waals surface area contributed by atoms with Gasteiger partial charge in [0.05, 0.1) is 5.56 Å². The predicted octanol–water partition coefficient (Wildman–Crippen LogP) is 2.98. The Morgan fingerprint density at radius 1 is 1.05 bits per heavy atom. The van der Waals surface area contributed by atoms with E-state index in [-0.39, 0.29) is 36.5 Å². The molecule has 0 spiro atoms. The summed E-state index contributed by atoms with van der Waals surface area (Å²) in [7, 11) is 0. The third-order valence-corrected chi connectivity index (χ3v) is 3.55. The largest absolute Gasteiger partial charge is 0.507 e. The molecule has 0 aliphatic carbocycles. The first kappa shape index (κ1) is 16.0. The highest BCUT2D eigenvalue weighted by Gasteiger charge is 2.11. The first-order valence-electron chi connectivity index (χ1n) is 6.89. The molecule has 1 amide bonds. The van der Waals surface area contributed by atoms with Crippen LogP contribution in [0.2, 0.25) is 5.02 Å². The number of halogens is 1. The van der Waals surface area contributed by atoms with Crippen LogP contribution in [0, 0.1) is 0 Å². The summed E-state index contributed by atoms with van der Waals surface area (Å²) in [4.78, 5) is 23.7. The quantitative estimate of drug-likeness (QED) is 0.860. The van der Waals surface area contributed by atoms with Gasteiger partial charge in [-0.3, -0.25) is 9.59 Å². The van der Waals surface area contributed by atoms with E-state index >= 15 is 0 Å². The molecule has 22 heavy (non-hydrogen) atoms. The van der Waals surface area contributed by atoms with E-state index in [0.29, 0.717) is 5.02 Å². The number of nitrogens with one attached hydrogen (secondary N) is 1. The number of hydrogen-bond donors (Lipinski definition) is 2. The fourth-order valence-corrected chi connectivity index (χ4v) is 2.22. The van der Waals surface area contributed by atoms with Gasteiger partial charge in [-0.05, 0) is 23.8 Å². The number of carbonyl (C=O) groups is 2. The monoisotopic (exact) mass is 317 g/mol. The van der Waals surface area contributed by atoms with E-state index in [4.69, 9.17) is 11.6 Å². The van der Waals surface area contributed by atoms with Gasteiger partial charge in [-0.15, -0.1) is 0 Å². The normalized spacial score (nSPS) is 10.2. The molecule has 0 atom stereocenters. The summed E-state index contributed by atoms with van der Waals surface area (Å²) < 4.78 is 0. The van der Waals surface area contributed by atoms with Gasteiger partial charge in [-0.1, -0.05) is 41.9 Å². The van der Waals surface area contributed by atoms with Crippen molar-refractivity contribution in [1.29, 1.82) is 0 Å². The van der Waals surface area contributed by atoms with Gasteiger partial charge in [0.15, 0.2) is 0 Å². The highest BCUT2D eigenvalue weighted by atomic mass is 35.5. The number of para-hydroxylation sites is 1. The van der Waals surface area contributed by atoms with E-state index in [9.17, 15) is 14.7 Å². The molecule has 2 N–H and O–H groups in total. The van der Waals surface area contributed by atoms with Crippen molar-refractivity contribution >= 4 is 23.3 Å². The zero-order valence-corrected chi connectivity index (χ0v) is 12.6. The van der Waals surface area contributed by atoms with Gasteiger partial charge in [0.25, 0.3) is 5.91 Å². The molecule has 0 radical (unpaired) electrons. The van der Waals surface area contributed by atoms with Crippen molar-refractivity contribution in [2.75, 3.05) is 6.54 Å². The number of hydrogen-bond acceptors (Lipinski definition) is 3. The van der Waals surface area contributed by atoms with Crippen LogP contribution in [0.4, 0.5) is 0 Å². The Hall–Kier alpha value is -2.33. The van der Waals surface area contributed by atoms with Gasteiger partial charge >= 0.3 is 0 Å². The molecule has 0 saturated carbocycles. The van der Waals surface area contributed by atoms with E-state index < -0.39 is 5.91 Å². The Kier molecular flexibility index (Phi) is 5.55. The van der Waals surface area contributed by atoms with Crippen molar-refractivity contribution in [3.8, 4) is 5.75 Å². The summed E-state index contributed by atoms with van der Waals surface area (Å²) in [5.41, 5.74) is 0.974. The van der Waals surface area contributed by atoms with E-state index in [1.54, 1.807) is 24.3 Å². The van der Waals surface area contributed by atoms with Gasteiger partial charge in [0, 0.05) is 24.4 Å². The maximum Gasteiger partial charge on any atom is 0.255 e. The fourth-order valence-electron chi connectivity index (χ4n) is 2.02. The molecule has 0 aliphatic heterocycles. The lowest BCUT2D eigenvalue weighted by molar-refractivity contribution is -0.118. The van der Waals surface area contributed by atoms with E-state index in [1.807, 2.05) is 12.1 Å². The van der Waals surface area contributed by atoms with Crippen LogP contribution >= 0.6 is 11.6 Å². The molecule has 0 unspecified atom stereocenters. The predicted molar refractivity (Wildman–Crippen MR) is 85.2 cm³/mol. The van der Waals surface area contributed by atoms with E-state index in [1.165, 1.54) is 12.1 Å². The summed E-state index contributed by atoms with van der Waals surface area (Å²) in [6.45, 7) is 0.219. The van der Waals surface area contributed by atoms with Crippen molar-refractivity contribution < 1.29 is 14.7 Å². The lowest BCUT2D eigenvalue weighted by atomic mass is 10.1. The number of aromatic hydroxyl groups is 1. The van der Waals surface area contributed by atoms with Crippen LogP contribution in [0.25, 0.3) is 0 Å². The maximum atomic E-state index is 11.9. The smallest absolute Gasteiger partial charge is 0.255 e. The topological polar surface area (TPSA) is 66.4 Å². The fraction of sp³-hybridized carbons (Fsp3) is 0.176. The first-order valence-corrected chi connectivity index (χ1v) is 7.27. The van der Waals surface area contributed by atoms with Gasteiger partial charge in [-0.25, -0.2) is 0 Å². The molecule has 0 bridgehead atoms. The third-order valence-electron chi connectivity index (χ3n) is 3.18. The van der Waals surface area contributed by atoms with Crippen LogP contribution < -0.4 is 5.32 Å². The third kappa shape index (κ3) is 4.33. The Morgan fingerprint density at radius 2 is 1.73 bits per heavy atom. The Labute approximate surface area is 133 Å². The molecule has 4 nitrogen and oxygen atoms in total. The van der Waals surface area contributed by atoms with E-state index in [0.717, 1.165) is 5.56 Å². The summed E-state index contributed by atoms with van der Waals surface area (Å²) in [5.74, 6) is -0.489. The van der Waals surface area contributed by atoms with Crippen molar-refractivity contribution in [2.24, 2.45) is 0 Å². The average molecular weight is 318 g/mol. The molecule has 2 aromatic rings. The summed E-state index contributed by atoms with van der Waals surface area (Å²) in [6, 6.07) is 13.5. The van der Waals surface area contributed by atoms with Crippen LogP contribution in [0.3, 0.4) is 0 Å². The second kappa shape index (κ2) is 7.61. The molecule has 0 aliphatic rings. The molecule has 0 aromatic heterocycles. The lowest BCUT2D eigenvalue weighted by Crippen LogP contribution is -2.26.